The fourth-order valence-corrected chi connectivity index (χ4v) is 7.49. The van der Waals surface area contributed by atoms with E-state index in [0.717, 1.165) is 38.9 Å². The molecule has 3 heterocycles. The second-order valence-electron chi connectivity index (χ2n) is 11.7. The Hall–Kier alpha value is -6.06. The lowest BCUT2D eigenvalue weighted by molar-refractivity contribution is 0.666. The topological polar surface area (TPSA) is 23.0 Å². The van der Waals surface area contributed by atoms with Gasteiger partial charge in [0.05, 0.1) is 33.4 Å². The van der Waals surface area contributed by atoms with Gasteiger partial charge in [-0.05, 0) is 48.0 Å². The predicted molar refractivity (Wildman–Crippen MR) is 188 cm³/mol. The van der Waals surface area contributed by atoms with Crippen molar-refractivity contribution in [3.63, 3.8) is 0 Å². The first-order chi connectivity index (χ1) is 22.4. The number of benzene rings is 7. The van der Waals surface area contributed by atoms with Gasteiger partial charge in [-0.2, -0.15) is 0 Å². The van der Waals surface area contributed by atoms with Crippen LogP contribution in [-0.2, 0) is 0 Å². The highest BCUT2D eigenvalue weighted by molar-refractivity contribution is 6.17. The third-order valence-corrected chi connectivity index (χ3v) is 9.34. The van der Waals surface area contributed by atoms with Gasteiger partial charge < -0.3 is 13.6 Å². The van der Waals surface area contributed by atoms with Crippen LogP contribution in [0.25, 0.3) is 88.1 Å². The fourth-order valence-electron chi connectivity index (χ4n) is 7.49. The van der Waals surface area contributed by atoms with Crippen LogP contribution >= 0.6 is 0 Å². The highest BCUT2D eigenvalue weighted by Crippen LogP contribution is 2.43. The van der Waals surface area contributed by atoms with E-state index in [1.807, 2.05) is 0 Å². The summed E-state index contributed by atoms with van der Waals surface area (Å²) < 4.78 is 11.6. The zero-order valence-electron chi connectivity index (χ0n) is 24.3. The van der Waals surface area contributed by atoms with E-state index in [1.54, 1.807) is 0 Å². The van der Waals surface area contributed by atoms with E-state index in [0.29, 0.717) is 0 Å². The van der Waals surface area contributed by atoms with Crippen molar-refractivity contribution < 1.29 is 4.42 Å². The summed E-state index contributed by atoms with van der Waals surface area (Å²) in [5.41, 5.74) is 11.0. The summed E-state index contributed by atoms with van der Waals surface area (Å²) in [6.45, 7) is 0. The Kier molecular flexibility index (Phi) is 5.00. The number of furan rings is 1. The van der Waals surface area contributed by atoms with Crippen molar-refractivity contribution in [2.24, 2.45) is 0 Å². The quantitative estimate of drug-likeness (QED) is 0.206. The van der Waals surface area contributed by atoms with Crippen LogP contribution in [0.2, 0.25) is 0 Å². The van der Waals surface area contributed by atoms with Crippen LogP contribution in [0.3, 0.4) is 0 Å². The molecule has 0 aliphatic heterocycles. The second kappa shape index (κ2) is 9.22. The number of fused-ring (bicyclic) bond motifs is 9. The Morgan fingerprint density at radius 2 is 0.756 bits per heavy atom. The molecule has 0 amide bonds. The summed E-state index contributed by atoms with van der Waals surface area (Å²) in [6, 6.07) is 56.4. The molecule has 10 rings (SSSR count). The SMILES string of the molecule is c1ccc(-n2c3ccccc3c3ccccc32)c(-c2cccc3oc4c(-n5c6ccccc6c6ccccc65)cccc4c23)c1. The molecule has 0 atom stereocenters. The van der Waals surface area contributed by atoms with Gasteiger partial charge in [-0.15, -0.1) is 0 Å². The number of para-hydroxylation sites is 6. The number of rotatable bonds is 3. The van der Waals surface area contributed by atoms with Crippen molar-refractivity contribution in [1.82, 2.24) is 9.13 Å². The summed E-state index contributed by atoms with van der Waals surface area (Å²) in [7, 11) is 0. The molecule has 7 aromatic carbocycles. The minimum Gasteiger partial charge on any atom is -0.454 e. The van der Waals surface area contributed by atoms with E-state index in [1.165, 1.54) is 49.2 Å². The Morgan fingerprint density at radius 3 is 1.36 bits per heavy atom. The molecule has 0 N–H and O–H groups in total. The molecule has 210 valence electrons. The van der Waals surface area contributed by atoms with Crippen LogP contribution in [0.15, 0.2) is 162 Å². The highest BCUT2D eigenvalue weighted by Gasteiger charge is 2.21. The Balaban J connectivity index is 1.28. The van der Waals surface area contributed by atoms with Crippen LogP contribution < -0.4 is 0 Å². The van der Waals surface area contributed by atoms with Crippen LogP contribution in [0.1, 0.15) is 0 Å². The van der Waals surface area contributed by atoms with Crippen molar-refractivity contribution in [1.29, 1.82) is 0 Å². The van der Waals surface area contributed by atoms with E-state index in [2.05, 4.69) is 167 Å². The molecule has 0 radical (unpaired) electrons. The van der Waals surface area contributed by atoms with Crippen LogP contribution in [-0.4, -0.2) is 9.13 Å². The van der Waals surface area contributed by atoms with Crippen molar-refractivity contribution in [2.75, 3.05) is 0 Å². The van der Waals surface area contributed by atoms with E-state index in [-0.39, 0.29) is 0 Å². The number of hydrogen-bond acceptors (Lipinski definition) is 1. The van der Waals surface area contributed by atoms with Gasteiger partial charge in [0.15, 0.2) is 5.58 Å². The molecule has 0 aliphatic carbocycles. The lowest BCUT2D eigenvalue weighted by Gasteiger charge is -2.14. The van der Waals surface area contributed by atoms with Crippen molar-refractivity contribution in [2.45, 2.75) is 0 Å². The molecule has 0 saturated heterocycles. The Morgan fingerprint density at radius 1 is 0.333 bits per heavy atom. The summed E-state index contributed by atoms with van der Waals surface area (Å²) in [5, 5.41) is 7.22. The van der Waals surface area contributed by atoms with E-state index in [9.17, 15) is 0 Å². The lowest BCUT2D eigenvalue weighted by atomic mass is 9.97. The molecule has 0 fully saturated rings. The Labute approximate surface area is 258 Å². The highest BCUT2D eigenvalue weighted by atomic mass is 16.3. The summed E-state index contributed by atoms with van der Waals surface area (Å²) >= 11 is 0. The first kappa shape index (κ1) is 24.4. The first-order valence-corrected chi connectivity index (χ1v) is 15.4. The molecule has 45 heavy (non-hydrogen) atoms. The molecule has 10 aromatic rings. The molecule has 3 aromatic heterocycles. The molecule has 3 heteroatoms. The minimum absolute atomic E-state index is 0.882. The molecule has 0 aliphatic rings. The average Bonchev–Trinajstić information content (AvgIpc) is 3.76. The predicted octanol–water partition coefficient (Wildman–Crippen LogP) is 11.4. The van der Waals surface area contributed by atoms with Gasteiger partial charge in [0.1, 0.15) is 5.58 Å². The number of aromatic nitrogens is 2. The van der Waals surface area contributed by atoms with Crippen molar-refractivity contribution in [3.8, 4) is 22.5 Å². The monoisotopic (exact) mass is 574 g/mol. The summed E-state index contributed by atoms with van der Waals surface area (Å²) in [4.78, 5) is 0. The van der Waals surface area contributed by atoms with Gasteiger partial charge in [-0.1, -0.05) is 115 Å². The molecule has 3 nitrogen and oxygen atoms in total. The van der Waals surface area contributed by atoms with E-state index in [4.69, 9.17) is 4.42 Å². The van der Waals surface area contributed by atoms with Gasteiger partial charge in [0, 0.05) is 37.9 Å². The number of hydrogen-bond donors (Lipinski definition) is 0. The standard InChI is InChI=1S/C42H26N2O/c1-6-20-34-27(13-1)28-14-2-7-21-35(28)43(34)38-24-10-5-17-31(38)32-18-12-26-40-41(32)33-19-11-25-39(42(33)45-40)44-36-22-8-3-15-29(36)30-16-4-9-23-37(30)44/h1-26H. The third-order valence-electron chi connectivity index (χ3n) is 9.34. The van der Waals surface area contributed by atoms with Gasteiger partial charge in [-0.3, -0.25) is 0 Å². The Bertz CT molecular complexity index is 2670. The van der Waals surface area contributed by atoms with Crippen LogP contribution in [0.4, 0.5) is 0 Å². The van der Waals surface area contributed by atoms with Crippen molar-refractivity contribution in [3.05, 3.63) is 158 Å². The normalized spacial score (nSPS) is 12.0. The summed E-state index contributed by atoms with van der Waals surface area (Å²) in [6.07, 6.45) is 0. The maximum absolute atomic E-state index is 6.81. The van der Waals surface area contributed by atoms with Crippen molar-refractivity contribution >= 4 is 65.6 Å². The third kappa shape index (κ3) is 3.35. The lowest BCUT2D eigenvalue weighted by Crippen LogP contribution is -1.97. The van der Waals surface area contributed by atoms with E-state index < -0.39 is 0 Å². The number of nitrogens with zero attached hydrogens (tertiary/aromatic N) is 2. The molecular weight excluding hydrogens is 548 g/mol. The zero-order chi connectivity index (χ0) is 29.5. The maximum Gasteiger partial charge on any atom is 0.159 e. The smallest absolute Gasteiger partial charge is 0.159 e. The summed E-state index contributed by atoms with van der Waals surface area (Å²) in [5.74, 6) is 0. The molecular formula is C42H26N2O. The molecule has 0 bridgehead atoms. The maximum atomic E-state index is 6.81. The largest absolute Gasteiger partial charge is 0.454 e. The molecule has 0 unspecified atom stereocenters. The first-order valence-electron chi connectivity index (χ1n) is 15.4. The van der Waals surface area contributed by atoms with Gasteiger partial charge >= 0.3 is 0 Å². The zero-order valence-corrected chi connectivity index (χ0v) is 24.3. The second-order valence-corrected chi connectivity index (χ2v) is 11.7. The molecule has 0 saturated carbocycles. The van der Waals surface area contributed by atoms with Crippen LogP contribution in [0.5, 0.6) is 0 Å². The van der Waals surface area contributed by atoms with Gasteiger partial charge in [0.25, 0.3) is 0 Å². The van der Waals surface area contributed by atoms with Gasteiger partial charge in [-0.25, -0.2) is 0 Å². The fraction of sp³-hybridized carbons (Fsp3) is 0. The average molecular weight is 575 g/mol. The van der Waals surface area contributed by atoms with Crippen LogP contribution in [0, 0.1) is 0 Å². The van der Waals surface area contributed by atoms with Gasteiger partial charge in [0.2, 0.25) is 0 Å². The minimum atomic E-state index is 0.882. The molecule has 0 spiro atoms. The van der Waals surface area contributed by atoms with E-state index >= 15 is 0 Å².